The topological polar surface area (TPSA) is 47.6 Å². The van der Waals surface area contributed by atoms with E-state index in [1.54, 1.807) is 17.4 Å². The van der Waals surface area contributed by atoms with E-state index in [9.17, 15) is 4.79 Å². The molecule has 1 N–H and O–H groups in total. The zero-order valence-electron chi connectivity index (χ0n) is 21.8. The van der Waals surface area contributed by atoms with Crippen LogP contribution in [0.3, 0.4) is 0 Å². The molecule has 0 atom stereocenters. The molecular weight excluding hydrogens is 488 g/mol. The fourth-order valence-corrected chi connectivity index (χ4v) is 7.13. The minimum absolute atomic E-state index is 0.0282. The summed E-state index contributed by atoms with van der Waals surface area (Å²) in [6.07, 6.45) is 7.50. The molecule has 0 unspecified atom stereocenters. The molecule has 0 spiro atoms. The maximum Gasteiger partial charge on any atom is 0.272 e. The van der Waals surface area contributed by atoms with Crippen molar-refractivity contribution in [1.29, 1.82) is 0 Å². The highest BCUT2D eigenvalue weighted by Crippen LogP contribution is 2.47. The van der Waals surface area contributed by atoms with E-state index in [0.29, 0.717) is 11.3 Å². The van der Waals surface area contributed by atoms with Crippen LogP contribution in [-0.2, 0) is 11.8 Å². The lowest BCUT2D eigenvalue weighted by Crippen LogP contribution is -2.22. The van der Waals surface area contributed by atoms with Crippen LogP contribution in [0.25, 0.3) is 37.7 Å². The Morgan fingerprint density at radius 2 is 1.82 bits per heavy atom. The second kappa shape index (κ2) is 8.53. The van der Waals surface area contributed by atoms with Gasteiger partial charge in [-0.15, -0.1) is 0 Å². The molecule has 4 nitrogen and oxygen atoms in total. The zero-order valence-corrected chi connectivity index (χ0v) is 22.6. The van der Waals surface area contributed by atoms with Crippen LogP contribution >= 0.6 is 11.3 Å². The number of fused-ring (bicyclic) bond motifs is 4. The van der Waals surface area contributed by atoms with Gasteiger partial charge in [0.15, 0.2) is 5.43 Å². The molecule has 188 valence electrons. The first-order valence-electron chi connectivity index (χ1n) is 13.2. The van der Waals surface area contributed by atoms with E-state index in [0.717, 1.165) is 45.8 Å². The number of thiazole rings is 1. The molecule has 0 fully saturated rings. The number of likely N-dealkylation sites (N-methyl/N-ethyl adjacent to an activating group) is 1. The van der Waals surface area contributed by atoms with E-state index in [1.807, 2.05) is 24.3 Å². The summed E-state index contributed by atoms with van der Waals surface area (Å²) in [5.74, 6) is 1.56. The van der Waals surface area contributed by atoms with Crippen molar-refractivity contribution in [1.82, 2.24) is 0 Å². The number of aromatic amines is 1. The normalized spacial score (nSPS) is 18.4. The minimum atomic E-state index is -0.0715. The lowest BCUT2D eigenvalue weighted by Gasteiger charge is -2.24. The lowest BCUT2D eigenvalue weighted by molar-refractivity contribution is -0.325. The van der Waals surface area contributed by atoms with Crippen LogP contribution in [0.1, 0.15) is 43.6 Å². The average Bonchev–Trinajstić information content (AvgIpc) is 3.43. The number of aromatic nitrogens is 1. The highest BCUT2D eigenvalue weighted by molar-refractivity contribution is 7.21. The van der Waals surface area contributed by atoms with Gasteiger partial charge in [0.05, 0.1) is 0 Å². The van der Waals surface area contributed by atoms with Crippen LogP contribution in [0.5, 0.6) is 0 Å². The van der Waals surface area contributed by atoms with Crippen molar-refractivity contribution >= 4 is 32.8 Å². The number of nitrogens with one attached hydrogen (secondary N) is 1. The fraction of sp³-hybridized carbons (Fsp3) is 0.212. The third-order valence-electron chi connectivity index (χ3n) is 8.10. The van der Waals surface area contributed by atoms with Crippen molar-refractivity contribution < 1.29 is 9.40 Å². The molecule has 2 aliphatic carbocycles. The molecule has 0 radical (unpaired) electrons. The third kappa shape index (κ3) is 3.57. The number of para-hydroxylation sites is 2. The summed E-state index contributed by atoms with van der Waals surface area (Å²) >= 11 is 1.61. The predicted molar refractivity (Wildman–Crippen MR) is 156 cm³/mol. The molecule has 3 heterocycles. The molecule has 38 heavy (non-hydrogen) atoms. The van der Waals surface area contributed by atoms with Crippen LogP contribution in [-0.4, -0.2) is 7.05 Å². The van der Waals surface area contributed by atoms with Gasteiger partial charge >= 0.3 is 0 Å². The van der Waals surface area contributed by atoms with Gasteiger partial charge < -0.3 is 9.32 Å². The minimum Gasteiger partial charge on any atom is -0.456 e. The monoisotopic (exact) mass is 517 g/mol. The number of nitrogens with zero attached hydrogens (tertiary/aromatic N) is 1. The van der Waals surface area contributed by atoms with Gasteiger partial charge in [0.1, 0.15) is 21.8 Å². The smallest absolute Gasteiger partial charge is 0.272 e. The van der Waals surface area contributed by atoms with Crippen LogP contribution in [0.4, 0.5) is 5.69 Å². The van der Waals surface area contributed by atoms with E-state index in [2.05, 4.69) is 79.3 Å². The lowest BCUT2D eigenvalue weighted by atomic mass is 9.83. The number of aryl methyl sites for hydroxylation is 1. The summed E-state index contributed by atoms with van der Waals surface area (Å²) in [5, 5.41) is 0.882. The van der Waals surface area contributed by atoms with Crippen molar-refractivity contribution in [3.63, 3.8) is 0 Å². The Hall–Kier alpha value is -3.96. The maximum atomic E-state index is 13.2. The van der Waals surface area contributed by atoms with Crippen molar-refractivity contribution in [3.05, 3.63) is 112 Å². The van der Waals surface area contributed by atoms with Crippen molar-refractivity contribution in [2.75, 3.05) is 11.9 Å². The van der Waals surface area contributed by atoms with Gasteiger partial charge in [-0.2, -0.15) is 4.98 Å². The number of rotatable bonds is 2. The van der Waals surface area contributed by atoms with Crippen LogP contribution in [0.15, 0.2) is 93.8 Å². The number of H-pyrrole nitrogens is 1. The standard InChI is InChI=1S/C33H28N2O2S/c1-33(2)24-11-4-6-13-26(24)35(3)30(33)16-15-20-9-8-10-21-17-22-18-23(27(36)19-28(22)37-31(20)21)32-34-25-12-5-7-14-29(25)38-32/h4-7,11-19H,8-10H2,1-3H3/p+1. The third-order valence-corrected chi connectivity index (χ3v) is 9.21. The molecule has 0 bridgehead atoms. The molecule has 0 amide bonds. The Morgan fingerprint density at radius 1 is 1.00 bits per heavy atom. The molecule has 7 rings (SSSR count). The first kappa shape index (κ1) is 23.2. The molecule has 0 saturated heterocycles. The molecule has 3 aromatic rings. The molecule has 4 aliphatic rings. The highest BCUT2D eigenvalue weighted by Gasteiger charge is 2.37. The van der Waals surface area contributed by atoms with Crippen LogP contribution in [0, 0.1) is 0 Å². The van der Waals surface area contributed by atoms with E-state index in [1.165, 1.54) is 28.1 Å². The highest BCUT2D eigenvalue weighted by atomic mass is 32.1. The van der Waals surface area contributed by atoms with Gasteiger partial charge in [0.25, 0.3) is 5.01 Å². The summed E-state index contributed by atoms with van der Waals surface area (Å²) in [6.45, 7) is 4.57. The number of allylic oxidation sites excluding steroid dienone is 4. The fourth-order valence-electron chi connectivity index (χ4n) is 6.10. The predicted octanol–water partition coefficient (Wildman–Crippen LogP) is 7.47. The first-order valence-corrected chi connectivity index (χ1v) is 14.0. The van der Waals surface area contributed by atoms with Gasteiger partial charge in [0, 0.05) is 41.5 Å². The quantitative estimate of drug-likeness (QED) is 0.244. The molecule has 2 aromatic carbocycles. The Morgan fingerprint density at radius 3 is 2.66 bits per heavy atom. The molecular formula is C33H29N2O2S+. The molecule has 0 saturated carbocycles. The summed E-state index contributed by atoms with van der Waals surface area (Å²) in [6, 6.07) is 22.6. The van der Waals surface area contributed by atoms with E-state index in [-0.39, 0.29) is 10.8 Å². The van der Waals surface area contributed by atoms with Gasteiger partial charge in [-0.25, -0.2) is 0 Å². The Balaban J connectivity index is 1.30. The Labute approximate surface area is 225 Å². The zero-order chi connectivity index (χ0) is 26.0. The van der Waals surface area contributed by atoms with Crippen LogP contribution in [0.2, 0.25) is 0 Å². The second-order valence-electron chi connectivity index (χ2n) is 10.8. The summed E-state index contributed by atoms with van der Waals surface area (Å²) in [5.41, 5.74) is 8.88. The molecule has 1 aromatic heterocycles. The Bertz CT molecular complexity index is 1790. The van der Waals surface area contributed by atoms with Gasteiger partial charge in [-0.3, -0.25) is 4.79 Å². The van der Waals surface area contributed by atoms with Crippen molar-refractivity contribution in [3.8, 4) is 21.9 Å². The van der Waals surface area contributed by atoms with Crippen LogP contribution < -0.4 is 15.3 Å². The SMILES string of the molecule is CN1C(=CC=C2CCCc3cc4cc(-c5[nH+]c6ccccc6s5)c(=O)cc-4oc32)C(C)(C)c2ccccc21. The summed E-state index contributed by atoms with van der Waals surface area (Å²) in [4.78, 5) is 18.9. The van der Waals surface area contributed by atoms with Gasteiger partial charge in [0.2, 0.25) is 5.52 Å². The number of hydrogen-bond donors (Lipinski definition) is 0. The second-order valence-corrected chi connectivity index (χ2v) is 11.9. The molecule has 5 heteroatoms. The van der Waals surface area contributed by atoms with Crippen molar-refractivity contribution in [2.24, 2.45) is 0 Å². The number of hydrogen-bond acceptors (Lipinski definition) is 4. The Kier molecular flexibility index (Phi) is 5.21. The first-order chi connectivity index (χ1) is 18.4. The van der Waals surface area contributed by atoms with Gasteiger partial charge in [-0.1, -0.05) is 61.6 Å². The van der Waals surface area contributed by atoms with Gasteiger partial charge in [-0.05, 0) is 66.3 Å². The largest absolute Gasteiger partial charge is 0.456 e. The maximum absolute atomic E-state index is 13.2. The van der Waals surface area contributed by atoms with E-state index >= 15 is 0 Å². The summed E-state index contributed by atoms with van der Waals surface area (Å²) < 4.78 is 7.60. The van der Waals surface area contributed by atoms with Crippen molar-refractivity contribution in [2.45, 2.75) is 38.5 Å². The van der Waals surface area contributed by atoms with E-state index in [4.69, 9.17) is 4.42 Å². The van der Waals surface area contributed by atoms with E-state index < -0.39 is 0 Å². The molecule has 2 aliphatic heterocycles. The number of anilines is 1. The summed E-state index contributed by atoms with van der Waals surface area (Å²) in [7, 11) is 2.14. The average molecular weight is 518 g/mol. The number of benzene rings is 3.